The van der Waals surface area contributed by atoms with Gasteiger partial charge in [-0.05, 0) is 36.8 Å². The fraction of sp³-hybridized carbons (Fsp3) is 0.211. The number of hydrogen-bond donors (Lipinski definition) is 0. The third kappa shape index (κ3) is 2.98. The zero-order valence-electron chi connectivity index (χ0n) is 13.8. The molecule has 6 heteroatoms. The molecule has 0 saturated carbocycles. The average molecular weight is 338 g/mol. The smallest absolute Gasteiger partial charge is 0.269 e. The number of nitrogens with zero attached hydrogens (tertiary/aromatic N) is 2. The highest BCUT2D eigenvalue weighted by Crippen LogP contribution is 2.44. The third-order valence-electron chi connectivity index (χ3n) is 4.27. The molecule has 6 nitrogen and oxygen atoms in total. The normalized spacial score (nSPS) is 19.2. The summed E-state index contributed by atoms with van der Waals surface area (Å²) >= 11 is 0. The molecular formula is C19H18N2O4. The molecule has 1 amide bonds. The second-order valence-corrected chi connectivity index (χ2v) is 5.69. The van der Waals surface area contributed by atoms with Gasteiger partial charge in [0.15, 0.2) is 0 Å². The Morgan fingerprint density at radius 3 is 2.36 bits per heavy atom. The summed E-state index contributed by atoms with van der Waals surface area (Å²) in [5, 5.41) is 10.8. The van der Waals surface area contributed by atoms with E-state index in [9.17, 15) is 14.9 Å². The molecule has 1 heterocycles. The SMILES string of the molecule is C=C[C@@H]1C(=O)N(c2ccc([N+](=O)[O-])cc2)[C@H]1c1ccc(OCC)cc1. The van der Waals surface area contributed by atoms with Gasteiger partial charge in [-0.1, -0.05) is 18.2 Å². The number of rotatable bonds is 6. The lowest BCUT2D eigenvalue weighted by Crippen LogP contribution is -2.54. The van der Waals surface area contributed by atoms with Crippen LogP contribution in [0.25, 0.3) is 0 Å². The Morgan fingerprint density at radius 1 is 1.20 bits per heavy atom. The van der Waals surface area contributed by atoms with Crippen LogP contribution < -0.4 is 9.64 Å². The summed E-state index contributed by atoms with van der Waals surface area (Å²) in [5.74, 6) is 0.393. The summed E-state index contributed by atoms with van der Waals surface area (Å²) in [5.41, 5.74) is 1.59. The topological polar surface area (TPSA) is 72.7 Å². The molecular weight excluding hydrogens is 320 g/mol. The van der Waals surface area contributed by atoms with Crippen LogP contribution >= 0.6 is 0 Å². The number of carbonyl (C=O) groups is 1. The lowest BCUT2D eigenvalue weighted by molar-refractivity contribution is -0.384. The number of benzene rings is 2. The standard InChI is InChI=1S/C19H18N2O4/c1-3-17-18(13-5-11-16(12-6-13)25-4-2)20(19(17)22)14-7-9-15(10-8-14)21(23)24/h3,5-12,17-18H,1,4H2,2H3/t17-,18-/m0/s1. The molecule has 25 heavy (non-hydrogen) atoms. The molecule has 2 aromatic rings. The molecule has 3 rings (SSSR count). The molecule has 0 bridgehead atoms. The first-order valence-corrected chi connectivity index (χ1v) is 7.99. The van der Waals surface area contributed by atoms with Crippen LogP contribution in [0, 0.1) is 16.0 Å². The first-order valence-electron chi connectivity index (χ1n) is 7.99. The van der Waals surface area contributed by atoms with E-state index in [1.807, 2.05) is 31.2 Å². The molecule has 0 N–H and O–H groups in total. The second kappa shape index (κ2) is 6.76. The number of β-lactam (4-membered cyclic amide) rings is 1. The van der Waals surface area contributed by atoms with Crippen molar-refractivity contribution in [1.29, 1.82) is 0 Å². The fourth-order valence-corrected chi connectivity index (χ4v) is 3.05. The first kappa shape index (κ1) is 16.7. The average Bonchev–Trinajstić information content (AvgIpc) is 2.61. The van der Waals surface area contributed by atoms with E-state index < -0.39 is 4.92 Å². The zero-order chi connectivity index (χ0) is 18.0. The van der Waals surface area contributed by atoms with Crippen molar-refractivity contribution in [3.8, 4) is 5.75 Å². The molecule has 1 aliphatic heterocycles. The largest absolute Gasteiger partial charge is 0.494 e. The summed E-state index contributed by atoms with van der Waals surface area (Å²) in [7, 11) is 0. The molecule has 2 aromatic carbocycles. The van der Waals surface area contributed by atoms with Gasteiger partial charge < -0.3 is 9.64 Å². The van der Waals surface area contributed by atoms with Crippen LogP contribution in [0.4, 0.5) is 11.4 Å². The predicted molar refractivity (Wildman–Crippen MR) is 94.6 cm³/mol. The minimum absolute atomic E-state index is 0.00499. The van der Waals surface area contributed by atoms with Gasteiger partial charge in [-0.25, -0.2) is 0 Å². The van der Waals surface area contributed by atoms with Crippen LogP contribution in [0.15, 0.2) is 61.2 Å². The Hall–Kier alpha value is -3.15. The van der Waals surface area contributed by atoms with E-state index in [1.165, 1.54) is 12.1 Å². The maximum atomic E-state index is 12.5. The predicted octanol–water partition coefficient (Wildman–Crippen LogP) is 3.88. The lowest BCUT2D eigenvalue weighted by atomic mass is 9.82. The highest BCUT2D eigenvalue weighted by Gasteiger charge is 2.47. The summed E-state index contributed by atoms with van der Waals surface area (Å²) in [4.78, 5) is 24.4. The monoisotopic (exact) mass is 338 g/mol. The van der Waals surface area contributed by atoms with Crippen molar-refractivity contribution in [3.05, 3.63) is 76.9 Å². The second-order valence-electron chi connectivity index (χ2n) is 5.69. The number of amides is 1. The van der Waals surface area contributed by atoms with Gasteiger partial charge >= 0.3 is 0 Å². The van der Waals surface area contributed by atoms with Crippen LogP contribution in [0.5, 0.6) is 5.75 Å². The van der Waals surface area contributed by atoms with Crippen molar-refractivity contribution in [3.63, 3.8) is 0 Å². The van der Waals surface area contributed by atoms with Gasteiger partial charge in [-0.2, -0.15) is 0 Å². The van der Waals surface area contributed by atoms with Gasteiger partial charge in [0.25, 0.3) is 5.69 Å². The van der Waals surface area contributed by atoms with Gasteiger partial charge in [0.1, 0.15) is 5.75 Å². The molecule has 0 spiro atoms. The third-order valence-corrected chi connectivity index (χ3v) is 4.27. The number of anilines is 1. The van der Waals surface area contributed by atoms with E-state index >= 15 is 0 Å². The van der Waals surface area contributed by atoms with E-state index in [-0.39, 0.29) is 23.6 Å². The molecule has 1 fully saturated rings. The van der Waals surface area contributed by atoms with Crippen LogP contribution in [0.1, 0.15) is 18.5 Å². The van der Waals surface area contributed by atoms with Gasteiger partial charge in [-0.15, -0.1) is 6.58 Å². The van der Waals surface area contributed by atoms with Crippen molar-refractivity contribution >= 4 is 17.3 Å². The van der Waals surface area contributed by atoms with Crippen LogP contribution in [-0.2, 0) is 4.79 Å². The Labute approximate surface area is 145 Å². The van der Waals surface area contributed by atoms with Crippen LogP contribution in [0.3, 0.4) is 0 Å². The Kier molecular flexibility index (Phi) is 4.52. The Morgan fingerprint density at radius 2 is 1.84 bits per heavy atom. The molecule has 0 radical (unpaired) electrons. The minimum atomic E-state index is -0.460. The Bertz CT molecular complexity index is 799. The first-order chi connectivity index (χ1) is 12.1. The van der Waals surface area contributed by atoms with Gasteiger partial charge in [0.2, 0.25) is 5.91 Å². The van der Waals surface area contributed by atoms with E-state index in [0.29, 0.717) is 12.3 Å². The minimum Gasteiger partial charge on any atom is -0.494 e. The van der Waals surface area contributed by atoms with E-state index in [2.05, 4.69) is 6.58 Å². The highest BCUT2D eigenvalue weighted by atomic mass is 16.6. The van der Waals surface area contributed by atoms with Crippen molar-refractivity contribution in [2.75, 3.05) is 11.5 Å². The summed E-state index contributed by atoms with van der Waals surface area (Å²) < 4.78 is 5.45. The van der Waals surface area contributed by atoms with Crippen LogP contribution in [-0.4, -0.2) is 17.4 Å². The molecule has 1 aliphatic rings. The van der Waals surface area contributed by atoms with Gasteiger partial charge in [-0.3, -0.25) is 14.9 Å². The maximum Gasteiger partial charge on any atom is 0.269 e. The molecule has 1 saturated heterocycles. The number of nitro benzene ring substituents is 1. The van der Waals surface area contributed by atoms with Crippen molar-refractivity contribution in [2.24, 2.45) is 5.92 Å². The molecule has 128 valence electrons. The molecule has 0 aliphatic carbocycles. The Balaban J connectivity index is 1.90. The summed E-state index contributed by atoms with van der Waals surface area (Å²) in [6, 6.07) is 13.4. The number of carbonyl (C=O) groups excluding carboxylic acids is 1. The number of hydrogen-bond acceptors (Lipinski definition) is 4. The van der Waals surface area contributed by atoms with E-state index in [1.54, 1.807) is 23.1 Å². The number of ether oxygens (including phenoxy) is 1. The molecule has 0 aromatic heterocycles. The highest BCUT2D eigenvalue weighted by molar-refractivity contribution is 6.04. The maximum absolute atomic E-state index is 12.5. The number of nitro groups is 1. The van der Waals surface area contributed by atoms with Gasteiger partial charge in [0, 0.05) is 17.8 Å². The van der Waals surface area contributed by atoms with Crippen molar-refractivity contribution < 1.29 is 14.5 Å². The lowest BCUT2D eigenvalue weighted by Gasteiger charge is -2.46. The van der Waals surface area contributed by atoms with E-state index in [4.69, 9.17) is 4.74 Å². The van der Waals surface area contributed by atoms with E-state index in [0.717, 1.165) is 11.3 Å². The zero-order valence-corrected chi connectivity index (χ0v) is 13.8. The summed E-state index contributed by atoms with van der Waals surface area (Å²) in [6.45, 7) is 6.27. The van der Waals surface area contributed by atoms with Crippen molar-refractivity contribution in [1.82, 2.24) is 0 Å². The molecule has 2 atom stereocenters. The van der Waals surface area contributed by atoms with Gasteiger partial charge in [0.05, 0.1) is 23.5 Å². The number of non-ortho nitro benzene ring substituents is 1. The molecule has 0 unspecified atom stereocenters. The fourth-order valence-electron chi connectivity index (χ4n) is 3.05. The van der Waals surface area contributed by atoms with Crippen molar-refractivity contribution in [2.45, 2.75) is 13.0 Å². The summed E-state index contributed by atoms with van der Waals surface area (Å²) in [6.07, 6.45) is 1.64. The quantitative estimate of drug-likeness (QED) is 0.347. The van der Waals surface area contributed by atoms with Crippen LogP contribution in [0.2, 0.25) is 0 Å².